The van der Waals surface area contributed by atoms with Crippen LogP contribution >= 0.6 is 22.6 Å². The molecule has 1 heterocycles. The summed E-state index contributed by atoms with van der Waals surface area (Å²) in [5, 5.41) is 0. The van der Waals surface area contributed by atoms with Gasteiger partial charge in [-0.05, 0) is 89.7 Å². The molecule has 126 valence electrons. The number of hydrogen-bond donors (Lipinski definition) is 0. The highest BCUT2D eigenvalue weighted by Gasteiger charge is 2.23. The quantitative estimate of drug-likeness (QED) is 0.667. The van der Waals surface area contributed by atoms with Crippen molar-refractivity contribution in [3.05, 3.63) is 63.2 Å². The summed E-state index contributed by atoms with van der Waals surface area (Å²) in [4.78, 5) is 14.5. The number of rotatable bonds is 4. The number of benzene rings is 2. The topological polar surface area (TPSA) is 29.5 Å². The number of methoxy groups -OCH3 is 1. The van der Waals surface area contributed by atoms with E-state index >= 15 is 0 Å². The van der Waals surface area contributed by atoms with E-state index in [-0.39, 0.29) is 5.91 Å². The normalized spacial score (nSPS) is 15.3. The minimum Gasteiger partial charge on any atom is -0.497 e. The predicted octanol–water partition coefficient (Wildman–Crippen LogP) is 4.39. The number of ether oxygens (including phenoxy) is 1. The smallest absolute Gasteiger partial charge is 0.253 e. The third kappa shape index (κ3) is 4.29. The zero-order valence-electron chi connectivity index (χ0n) is 13.9. The number of nitrogens with zero attached hydrogens (tertiary/aromatic N) is 1. The van der Waals surface area contributed by atoms with Crippen molar-refractivity contribution in [2.75, 3.05) is 20.2 Å². The molecular formula is C20H22INO2. The van der Waals surface area contributed by atoms with Gasteiger partial charge in [0, 0.05) is 22.2 Å². The maximum atomic E-state index is 12.6. The lowest BCUT2D eigenvalue weighted by molar-refractivity contribution is 0.0690. The van der Waals surface area contributed by atoms with Crippen molar-refractivity contribution >= 4 is 28.5 Å². The highest BCUT2D eigenvalue weighted by atomic mass is 127. The second-order valence-corrected chi connectivity index (χ2v) is 7.54. The van der Waals surface area contributed by atoms with E-state index in [2.05, 4.69) is 34.7 Å². The highest BCUT2D eigenvalue weighted by Crippen LogP contribution is 2.24. The number of halogens is 1. The van der Waals surface area contributed by atoms with Gasteiger partial charge in [0.1, 0.15) is 5.75 Å². The average molecular weight is 435 g/mol. The zero-order valence-corrected chi connectivity index (χ0v) is 16.0. The summed E-state index contributed by atoms with van der Waals surface area (Å²) in [6.07, 6.45) is 3.22. The number of amides is 1. The van der Waals surface area contributed by atoms with Crippen LogP contribution in [0.2, 0.25) is 0 Å². The van der Waals surface area contributed by atoms with Crippen LogP contribution in [0.3, 0.4) is 0 Å². The van der Waals surface area contributed by atoms with Gasteiger partial charge in [0.25, 0.3) is 5.91 Å². The second kappa shape index (κ2) is 8.01. The van der Waals surface area contributed by atoms with Gasteiger partial charge >= 0.3 is 0 Å². The third-order valence-corrected chi connectivity index (χ3v) is 5.40. The number of likely N-dealkylation sites (tertiary alicyclic amines) is 1. The summed E-state index contributed by atoms with van der Waals surface area (Å²) in [5.41, 5.74) is 2.14. The van der Waals surface area contributed by atoms with Gasteiger partial charge in [-0.3, -0.25) is 4.79 Å². The SMILES string of the molecule is COc1ccc(CC2CCN(C(=O)c3ccc(I)cc3)CC2)cc1. The summed E-state index contributed by atoms with van der Waals surface area (Å²) in [6, 6.07) is 16.1. The lowest BCUT2D eigenvalue weighted by atomic mass is 9.90. The van der Waals surface area contributed by atoms with Crippen LogP contribution in [-0.4, -0.2) is 31.0 Å². The van der Waals surface area contributed by atoms with Crippen molar-refractivity contribution in [3.8, 4) is 5.75 Å². The molecule has 24 heavy (non-hydrogen) atoms. The molecule has 0 N–H and O–H groups in total. The zero-order chi connectivity index (χ0) is 16.9. The van der Waals surface area contributed by atoms with Gasteiger partial charge in [-0.25, -0.2) is 0 Å². The first-order valence-corrected chi connectivity index (χ1v) is 9.41. The summed E-state index contributed by atoms with van der Waals surface area (Å²) in [7, 11) is 1.69. The molecule has 4 heteroatoms. The van der Waals surface area contributed by atoms with Crippen LogP contribution in [0.25, 0.3) is 0 Å². The summed E-state index contributed by atoms with van der Waals surface area (Å²) in [5.74, 6) is 1.71. The van der Waals surface area contributed by atoms with E-state index in [1.165, 1.54) is 5.56 Å². The summed E-state index contributed by atoms with van der Waals surface area (Å²) < 4.78 is 6.36. The monoisotopic (exact) mass is 435 g/mol. The number of carbonyl (C=O) groups excluding carboxylic acids is 1. The van der Waals surface area contributed by atoms with Gasteiger partial charge in [-0.15, -0.1) is 0 Å². The van der Waals surface area contributed by atoms with E-state index in [1.807, 2.05) is 41.3 Å². The van der Waals surface area contributed by atoms with Crippen molar-refractivity contribution in [1.29, 1.82) is 0 Å². The Labute approximate surface area is 157 Å². The van der Waals surface area contributed by atoms with E-state index in [4.69, 9.17) is 4.74 Å². The number of hydrogen-bond acceptors (Lipinski definition) is 2. The van der Waals surface area contributed by atoms with Gasteiger partial charge in [0.15, 0.2) is 0 Å². The second-order valence-electron chi connectivity index (χ2n) is 6.29. The van der Waals surface area contributed by atoms with Crippen LogP contribution in [0.5, 0.6) is 5.75 Å². The average Bonchev–Trinajstić information content (AvgIpc) is 2.63. The van der Waals surface area contributed by atoms with Crippen LogP contribution in [0.1, 0.15) is 28.8 Å². The van der Waals surface area contributed by atoms with Crippen molar-refractivity contribution in [3.63, 3.8) is 0 Å². The van der Waals surface area contributed by atoms with Crippen molar-refractivity contribution in [2.24, 2.45) is 5.92 Å². The van der Waals surface area contributed by atoms with Gasteiger partial charge in [0.2, 0.25) is 0 Å². The maximum Gasteiger partial charge on any atom is 0.253 e. The van der Waals surface area contributed by atoms with Crippen LogP contribution in [0, 0.1) is 9.49 Å². The standard InChI is InChI=1S/C20H22INO2/c1-24-19-8-2-15(3-9-19)14-16-10-12-22(13-11-16)20(23)17-4-6-18(21)7-5-17/h2-9,16H,10-14H2,1H3. The van der Waals surface area contributed by atoms with Crippen LogP contribution in [-0.2, 0) is 6.42 Å². The molecule has 0 aliphatic carbocycles. The molecule has 0 atom stereocenters. The van der Waals surface area contributed by atoms with Crippen LogP contribution in [0.4, 0.5) is 0 Å². The minimum absolute atomic E-state index is 0.161. The Morgan fingerprint density at radius 1 is 1.08 bits per heavy atom. The summed E-state index contributed by atoms with van der Waals surface area (Å²) in [6.45, 7) is 1.71. The predicted molar refractivity (Wildman–Crippen MR) is 104 cm³/mol. The molecule has 0 radical (unpaired) electrons. The van der Waals surface area contributed by atoms with Crippen LogP contribution in [0.15, 0.2) is 48.5 Å². The molecule has 1 aliphatic rings. The first kappa shape index (κ1) is 17.3. The Hall–Kier alpha value is -1.56. The Bertz CT molecular complexity index is 674. The van der Waals surface area contributed by atoms with Gasteiger partial charge in [-0.1, -0.05) is 12.1 Å². The lowest BCUT2D eigenvalue weighted by Gasteiger charge is -2.32. The Balaban J connectivity index is 1.53. The largest absolute Gasteiger partial charge is 0.497 e. The molecule has 0 spiro atoms. The minimum atomic E-state index is 0.161. The molecule has 0 bridgehead atoms. The molecule has 1 amide bonds. The maximum absolute atomic E-state index is 12.6. The van der Waals surface area contributed by atoms with Crippen molar-refractivity contribution in [1.82, 2.24) is 4.90 Å². The Kier molecular flexibility index (Phi) is 5.76. The van der Waals surface area contributed by atoms with Gasteiger partial charge in [-0.2, -0.15) is 0 Å². The molecule has 3 nitrogen and oxygen atoms in total. The Morgan fingerprint density at radius 3 is 2.29 bits per heavy atom. The summed E-state index contributed by atoms with van der Waals surface area (Å²) >= 11 is 2.26. The molecule has 2 aromatic carbocycles. The van der Waals surface area contributed by atoms with E-state index in [0.29, 0.717) is 5.92 Å². The van der Waals surface area contributed by atoms with Gasteiger partial charge in [0.05, 0.1) is 7.11 Å². The third-order valence-electron chi connectivity index (χ3n) is 4.68. The van der Waals surface area contributed by atoms with E-state index in [9.17, 15) is 4.79 Å². The fraction of sp³-hybridized carbons (Fsp3) is 0.350. The molecule has 2 aromatic rings. The van der Waals surface area contributed by atoms with Gasteiger partial charge < -0.3 is 9.64 Å². The molecular weight excluding hydrogens is 413 g/mol. The highest BCUT2D eigenvalue weighted by molar-refractivity contribution is 14.1. The molecule has 0 aromatic heterocycles. The molecule has 1 saturated heterocycles. The fourth-order valence-electron chi connectivity index (χ4n) is 3.21. The van der Waals surface area contributed by atoms with E-state index in [1.54, 1.807) is 7.11 Å². The van der Waals surface area contributed by atoms with Crippen LogP contribution < -0.4 is 4.74 Å². The molecule has 0 unspecified atom stereocenters. The van der Waals surface area contributed by atoms with Crippen molar-refractivity contribution in [2.45, 2.75) is 19.3 Å². The number of piperidine rings is 1. The number of carbonyl (C=O) groups is 1. The molecule has 3 rings (SSSR count). The molecule has 1 fully saturated rings. The Morgan fingerprint density at radius 2 is 1.71 bits per heavy atom. The fourth-order valence-corrected chi connectivity index (χ4v) is 3.57. The molecule has 0 saturated carbocycles. The van der Waals surface area contributed by atoms with E-state index in [0.717, 1.165) is 47.2 Å². The van der Waals surface area contributed by atoms with Crippen molar-refractivity contribution < 1.29 is 9.53 Å². The first-order valence-electron chi connectivity index (χ1n) is 8.33. The lowest BCUT2D eigenvalue weighted by Crippen LogP contribution is -2.38. The molecule has 1 aliphatic heterocycles. The van der Waals surface area contributed by atoms with E-state index < -0.39 is 0 Å². The first-order chi connectivity index (χ1) is 11.7.